The van der Waals surface area contributed by atoms with Crippen molar-refractivity contribution in [2.75, 3.05) is 0 Å². The summed E-state index contributed by atoms with van der Waals surface area (Å²) in [5.41, 5.74) is 0.565. The molecule has 0 spiro atoms. The number of rotatable bonds is 4. The van der Waals surface area contributed by atoms with Crippen LogP contribution < -0.4 is 4.74 Å². The van der Waals surface area contributed by atoms with Gasteiger partial charge in [-0.05, 0) is 43.3 Å². The van der Waals surface area contributed by atoms with Gasteiger partial charge in [0.05, 0.1) is 0 Å². The minimum Gasteiger partial charge on any atom is -0.423 e. The first-order valence-corrected chi connectivity index (χ1v) is 7.67. The number of aryl methyl sites for hydroxylation is 1. The molecule has 0 bridgehead atoms. The van der Waals surface area contributed by atoms with E-state index in [0.29, 0.717) is 5.56 Å². The summed E-state index contributed by atoms with van der Waals surface area (Å²) in [7, 11) is 1.57. The van der Waals surface area contributed by atoms with E-state index < -0.39 is 17.6 Å². The lowest BCUT2D eigenvalue weighted by atomic mass is 10.1. The number of ether oxygens (including phenoxy) is 1. The fraction of sp³-hybridized carbons (Fsp3) is 0.105. The molecule has 1 aromatic heterocycles. The van der Waals surface area contributed by atoms with E-state index in [1.807, 2.05) is 0 Å². The summed E-state index contributed by atoms with van der Waals surface area (Å²) < 4.78 is 33.8. The summed E-state index contributed by atoms with van der Waals surface area (Å²) in [6.07, 6.45) is 1.39. The van der Waals surface area contributed by atoms with Crippen LogP contribution in [0.4, 0.5) is 8.78 Å². The van der Waals surface area contributed by atoms with Crippen molar-refractivity contribution >= 4 is 11.8 Å². The number of hydrogen-bond acceptors (Lipinski definition) is 4. The summed E-state index contributed by atoms with van der Waals surface area (Å²) in [5, 5.41) is 4.08. The van der Waals surface area contributed by atoms with Gasteiger partial charge in [-0.1, -0.05) is 0 Å². The number of carbonyl (C=O) groups excluding carboxylic acids is 2. The number of ketones is 1. The number of carbonyl (C=O) groups is 2. The number of halogens is 2. The van der Waals surface area contributed by atoms with E-state index in [9.17, 15) is 18.4 Å². The van der Waals surface area contributed by atoms with Gasteiger partial charge in [-0.3, -0.25) is 9.48 Å². The van der Waals surface area contributed by atoms with Crippen LogP contribution in [-0.4, -0.2) is 21.5 Å². The quantitative estimate of drug-likeness (QED) is 0.405. The molecule has 3 aromatic rings. The number of aromatic nitrogens is 2. The van der Waals surface area contributed by atoms with Gasteiger partial charge in [-0.15, -0.1) is 0 Å². The van der Waals surface area contributed by atoms with Gasteiger partial charge in [0.25, 0.3) is 0 Å². The number of benzene rings is 2. The maximum Gasteiger partial charge on any atom is 0.347 e. The van der Waals surface area contributed by atoms with E-state index in [4.69, 9.17) is 4.74 Å². The van der Waals surface area contributed by atoms with Crippen molar-refractivity contribution in [3.8, 4) is 17.0 Å². The van der Waals surface area contributed by atoms with E-state index in [2.05, 4.69) is 5.10 Å². The van der Waals surface area contributed by atoms with E-state index in [1.165, 1.54) is 48.1 Å². The number of esters is 1. The zero-order valence-corrected chi connectivity index (χ0v) is 14.0. The Morgan fingerprint density at radius 3 is 2.38 bits per heavy atom. The molecule has 0 fully saturated rings. The Morgan fingerprint density at radius 1 is 1.08 bits per heavy atom. The molecule has 0 N–H and O–H groups in total. The van der Waals surface area contributed by atoms with Crippen LogP contribution in [0.5, 0.6) is 5.75 Å². The molecule has 1 heterocycles. The van der Waals surface area contributed by atoms with Crippen molar-refractivity contribution in [1.29, 1.82) is 0 Å². The average molecular weight is 356 g/mol. The van der Waals surface area contributed by atoms with Gasteiger partial charge >= 0.3 is 5.97 Å². The highest BCUT2D eigenvalue weighted by Gasteiger charge is 2.21. The Morgan fingerprint density at radius 2 is 1.77 bits per heavy atom. The van der Waals surface area contributed by atoms with Crippen LogP contribution in [0.2, 0.25) is 0 Å². The summed E-state index contributed by atoms with van der Waals surface area (Å²) >= 11 is 0. The van der Waals surface area contributed by atoms with Crippen molar-refractivity contribution in [3.05, 3.63) is 71.4 Å². The van der Waals surface area contributed by atoms with E-state index in [0.717, 1.165) is 12.1 Å². The van der Waals surface area contributed by atoms with Crippen LogP contribution in [0.15, 0.2) is 48.7 Å². The molecule has 2 aromatic carbocycles. The van der Waals surface area contributed by atoms with Crippen LogP contribution >= 0.6 is 0 Å². The molecular weight excluding hydrogens is 342 g/mol. The van der Waals surface area contributed by atoms with Gasteiger partial charge in [-0.25, -0.2) is 13.6 Å². The second-order valence-electron chi connectivity index (χ2n) is 5.66. The maximum atomic E-state index is 14.1. The first-order chi connectivity index (χ1) is 12.3. The van der Waals surface area contributed by atoms with E-state index in [-0.39, 0.29) is 28.4 Å². The van der Waals surface area contributed by atoms with Crippen LogP contribution in [0.1, 0.15) is 27.6 Å². The molecule has 5 nitrogen and oxygen atoms in total. The Kier molecular flexibility index (Phi) is 4.62. The van der Waals surface area contributed by atoms with Crippen molar-refractivity contribution < 1.29 is 23.1 Å². The van der Waals surface area contributed by atoms with Gasteiger partial charge < -0.3 is 4.74 Å². The highest BCUT2D eigenvalue weighted by Crippen LogP contribution is 2.26. The van der Waals surface area contributed by atoms with Gasteiger partial charge in [0, 0.05) is 30.4 Å². The lowest BCUT2D eigenvalue weighted by Crippen LogP contribution is -2.09. The topological polar surface area (TPSA) is 61.2 Å². The zero-order chi connectivity index (χ0) is 18.8. The first-order valence-electron chi connectivity index (χ1n) is 7.67. The molecule has 0 saturated carbocycles. The summed E-state index contributed by atoms with van der Waals surface area (Å²) in [6.45, 7) is 1.43. The lowest BCUT2D eigenvalue weighted by molar-refractivity contribution is 0.0735. The standard InChI is InChI=1S/C19H14F2N2O3/c1-11(24)12-3-6-14(7-4-12)26-19(25)16-10-23(2)22-18(16)15-8-5-13(20)9-17(15)21/h3-10H,1-2H3. The van der Waals surface area contributed by atoms with Gasteiger partial charge in [0.15, 0.2) is 5.78 Å². The predicted octanol–water partition coefficient (Wildman–Crippen LogP) is 3.79. The Bertz CT molecular complexity index is 995. The van der Waals surface area contributed by atoms with Crippen LogP contribution in [0.3, 0.4) is 0 Å². The first kappa shape index (κ1) is 17.5. The molecule has 0 saturated heterocycles. The molecule has 0 unspecified atom stereocenters. The largest absolute Gasteiger partial charge is 0.423 e. The smallest absolute Gasteiger partial charge is 0.347 e. The van der Waals surface area contributed by atoms with Crippen LogP contribution in [-0.2, 0) is 7.05 Å². The van der Waals surface area contributed by atoms with E-state index in [1.54, 1.807) is 7.05 Å². The third-order valence-corrected chi connectivity index (χ3v) is 3.71. The highest BCUT2D eigenvalue weighted by molar-refractivity contribution is 5.97. The molecular formula is C19H14F2N2O3. The van der Waals surface area contributed by atoms with Crippen molar-refractivity contribution in [1.82, 2.24) is 9.78 Å². The van der Waals surface area contributed by atoms with Crippen LogP contribution in [0, 0.1) is 11.6 Å². The lowest BCUT2D eigenvalue weighted by Gasteiger charge is -2.06. The number of nitrogens with zero attached hydrogens (tertiary/aromatic N) is 2. The van der Waals surface area contributed by atoms with Gasteiger partial charge in [0.2, 0.25) is 0 Å². The highest BCUT2D eigenvalue weighted by atomic mass is 19.1. The van der Waals surface area contributed by atoms with Crippen molar-refractivity contribution in [2.45, 2.75) is 6.92 Å². The van der Waals surface area contributed by atoms with Crippen LogP contribution in [0.25, 0.3) is 11.3 Å². The fourth-order valence-corrected chi connectivity index (χ4v) is 2.44. The second kappa shape index (κ2) is 6.87. The molecule has 0 radical (unpaired) electrons. The molecule has 0 atom stereocenters. The molecule has 26 heavy (non-hydrogen) atoms. The van der Waals surface area contributed by atoms with Crippen molar-refractivity contribution in [3.63, 3.8) is 0 Å². The third kappa shape index (κ3) is 3.51. The minimum absolute atomic E-state index is 0.00845. The molecule has 0 aliphatic heterocycles. The molecule has 132 valence electrons. The molecule has 0 aliphatic rings. The fourth-order valence-electron chi connectivity index (χ4n) is 2.44. The van der Waals surface area contributed by atoms with Crippen molar-refractivity contribution in [2.24, 2.45) is 7.05 Å². The number of Topliss-reactive ketones (excluding diaryl/α,β-unsaturated/α-hetero) is 1. The average Bonchev–Trinajstić information content (AvgIpc) is 2.97. The van der Waals surface area contributed by atoms with E-state index >= 15 is 0 Å². The Labute approximate surface area is 147 Å². The molecule has 0 amide bonds. The second-order valence-corrected chi connectivity index (χ2v) is 5.66. The SMILES string of the molecule is CC(=O)c1ccc(OC(=O)c2cn(C)nc2-c2ccc(F)cc2F)cc1. The molecule has 3 rings (SSSR count). The summed E-state index contributed by atoms with van der Waals surface area (Å²) in [4.78, 5) is 23.8. The third-order valence-electron chi connectivity index (χ3n) is 3.71. The van der Waals surface area contributed by atoms with Gasteiger partial charge in [-0.2, -0.15) is 5.10 Å². The monoisotopic (exact) mass is 356 g/mol. The van der Waals surface area contributed by atoms with Gasteiger partial charge in [0.1, 0.15) is 28.6 Å². The minimum atomic E-state index is -0.830. The number of hydrogen-bond donors (Lipinski definition) is 0. The Balaban J connectivity index is 1.91. The molecule has 0 aliphatic carbocycles. The normalized spacial score (nSPS) is 10.6. The Hall–Kier alpha value is -3.35. The zero-order valence-electron chi connectivity index (χ0n) is 14.0. The molecule has 7 heteroatoms. The summed E-state index contributed by atoms with van der Waals surface area (Å²) in [5.74, 6) is -2.17. The maximum absolute atomic E-state index is 14.1. The predicted molar refractivity (Wildman–Crippen MR) is 90.0 cm³/mol. The summed E-state index contributed by atoms with van der Waals surface area (Å²) in [6, 6.07) is 9.07.